The molecule has 0 aromatic carbocycles. The third kappa shape index (κ3) is 3.26. The van der Waals surface area contributed by atoms with Crippen LogP contribution < -0.4 is 0 Å². The Bertz CT molecular complexity index is 878. The van der Waals surface area contributed by atoms with Crippen molar-refractivity contribution in [3.8, 4) is 11.6 Å². The highest BCUT2D eigenvalue weighted by Gasteiger charge is 2.35. The minimum Gasteiger partial charge on any atom is -0.219 e. The Morgan fingerprint density at radius 3 is 1.38 bits per heavy atom. The number of hydrogen-bond donors (Lipinski definition) is 0. The lowest BCUT2D eigenvalue weighted by Gasteiger charge is -2.07. The first-order valence-corrected chi connectivity index (χ1v) is 7.07. The molecule has 0 bridgehead atoms. The fourth-order valence-electron chi connectivity index (χ4n) is 2.26. The van der Waals surface area contributed by atoms with Crippen molar-refractivity contribution in [2.75, 3.05) is 0 Å². The fraction of sp³-hybridized carbons (Fsp3) is 0.286. The minimum absolute atomic E-state index is 0.0357. The molecule has 12 heteroatoms. The van der Waals surface area contributed by atoms with Crippen molar-refractivity contribution in [2.45, 2.75) is 26.2 Å². The van der Waals surface area contributed by atoms with E-state index in [2.05, 4.69) is 20.2 Å². The highest BCUT2D eigenvalue weighted by Crippen LogP contribution is 2.30. The summed E-state index contributed by atoms with van der Waals surface area (Å²) in [6.07, 6.45) is -8.26. The Morgan fingerprint density at radius 2 is 1.08 bits per heavy atom. The highest BCUT2D eigenvalue weighted by molar-refractivity contribution is 5.35. The van der Waals surface area contributed by atoms with Crippen molar-refractivity contribution >= 4 is 0 Å². The zero-order valence-corrected chi connectivity index (χ0v) is 13.3. The molecule has 0 spiro atoms. The molecule has 0 saturated heterocycles. The second-order valence-corrected chi connectivity index (χ2v) is 5.40. The molecule has 0 aliphatic heterocycles. The standard InChI is InChI=1S/C14H10F6N6/c1-7-3-9(13(15,16)17)23-25(7)11-5-12(22-6-21-11)26-8(2)4-10(24-26)14(18,19)20/h3-6H,1-2H3. The normalized spacial score (nSPS) is 12.6. The van der Waals surface area contributed by atoms with E-state index in [0.717, 1.165) is 27.8 Å². The van der Waals surface area contributed by atoms with E-state index in [0.29, 0.717) is 0 Å². The van der Waals surface area contributed by atoms with Gasteiger partial charge in [0.25, 0.3) is 0 Å². The van der Waals surface area contributed by atoms with Gasteiger partial charge in [-0.2, -0.15) is 36.5 Å². The molecular formula is C14H10F6N6. The number of halogens is 6. The number of aryl methyl sites for hydroxylation is 2. The molecular weight excluding hydrogens is 366 g/mol. The highest BCUT2D eigenvalue weighted by atomic mass is 19.4. The van der Waals surface area contributed by atoms with Gasteiger partial charge in [-0.15, -0.1) is 0 Å². The summed E-state index contributed by atoms with van der Waals surface area (Å²) in [6, 6.07) is 2.87. The first-order valence-electron chi connectivity index (χ1n) is 7.07. The predicted molar refractivity (Wildman–Crippen MR) is 75.8 cm³/mol. The molecule has 6 nitrogen and oxygen atoms in total. The molecule has 0 unspecified atom stereocenters. The molecule has 0 saturated carbocycles. The second-order valence-electron chi connectivity index (χ2n) is 5.40. The summed E-state index contributed by atoms with van der Waals surface area (Å²) in [5.74, 6) is -0.0714. The minimum atomic E-state index is -4.63. The number of rotatable bonds is 2. The van der Waals surface area contributed by atoms with Gasteiger partial charge >= 0.3 is 12.4 Å². The lowest BCUT2D eigenvalue weighted by Crippen LogP contribution is -2.11. The molecule has 0 radical (unpaired) electrons. The van der Waals surface area contributed by atoms with Crippen LogP contribution in [0, 0.1) is 13.8 Å². The van der Waals surface area contributed by atoms with E-state index >= 15 is 0 Å². The Labute approximate surface area is 142 Å². The second kappa shape index (κ2) is 5.81. The summed E-state index contributed by atoms with van der Waals surface area (Å²) in [5, 5.41) is 6.89. The van der Waals surface area contributed by atoms with Gasteiger partial charge in [0.1, 0.15) is 6.33 Å². The summed E-state index contributed by atoms with van der Waals surface area (Å²) < 4.78 is 78.5. The summed E-state index contributed by atoms with van der Waals surface area (Å²) in [4.78, 5) is 7.67. The van der Waals surface area contributed by atoms with E-state index in [1.54, 1.807) is 0 Å². The van der Waals surface area contributed by atoms with Gasteiger partial charge in [0, 0.05) is 17.5 Å². The molecule has 138 valence electrons. The van der Waals surface area contributed by atoms with E-state index in [1.807, 2.05) is 0 Å². The molecule has 0 atom stereocenters. The molecule has 0 amide bonds. The van der Waals surface area contributed by atoms with Crippen LogP contribution in [0.3, 0.4) is 0 Å². The van der Waals surface area contributed by atoms with Gasteiger partial charge in [-0.25, -0.2) is 19.3 Å². The molecule has 3 aromatic rings. The topological polar surface area (TPSA) is 61.4 Å². The van der Waals surface area contributed by atoms with Crippen LogP contribution in [0.2, 0.25) is 0 Å². The zero-order chi connectivity index (χ0) is 19.3. The summed E-state index contributed by atoms with van der Waals surface area (Å²) in [6.45, 7) is 2.79. The Hall–Kier alpha value is -2.92. The van der Waals surface area contributed by atoms with Crippen LogP contribution in [0.4, 0.5) is 26.3 Å². The predicted octanol–water partition coefficient (Wildman–Crippen LogP) is 3.50. The van der Waals surface area contributed by atoms with Gasteiger partial charge in [-0.1, -0.05) is 0 Å². The van der Waals surface area contributed by atoms with Crippen LogP contribution in [-0.4, -0.2) is 29.5 Å². The SMILES string of the molecule is Cc1cc(C(F)(F)F)nn1-c1cc(-n2nc(C(F)(F)F)cc2C)ncn1. The number of aromatic nitrogens is 6. The maximum absolute atomic E-state index is 12.8. The third-order valence-electron chi connectivity index (χ3n) is 3.43. The summed E-state index contributed by atoms with van der Waals surface area (Å²) >= 11 is 0. The van der Waals surface area contributed by atoms with Gasteiger partial charge in [0.15, 0.2) is 23.0 Å². The number of nitrogens with zero attached hydrogens (tertiary/aromatic N) is 6. The number of alkyl halides is 6. The summed E-state index contributed by atoms with van der Waals surface area (Å²) in [5.41, 5.74) is -1.92. The van der Waals surface area contributed by atoms with Crippen LogP contribution in [0.25, 0.3) is 11.6 Å². The lowest BCUT2D eigenvalue weighted by molar-refractivity contribution is -0.142. The van der Waals surface area contributed by atoms with Crippen molar-refractivity contribution < 1.29 is 26.3 Å². The van der Waals surface area contributed by atoms with Crippen molar-refractivity contribution in [3.63, 3.8) is 0 Å². The van der Waals surface area contributed by atoms with Gasteiger partial charge in [-0.05, 0) is 26.0 Å². The van der Waals surface area contributed by atoms with Gasteiger partial charge in [0.05, 0.1) is 0 Å². The van der Waals surface area contributed by atoms with Crippen LogP contribution in [0.15, 0.2) is 24.5 Å². The van der Waals surface area contributed by atoms with Gasteiger partial charge in [0.2, 0.25) is 0 Å². The average Bonchev–Trinajstić information content (AvgIpc) is 3.10. The lowest BCUT2D eigenvalue weighted by atomic mass is 10.3. The van der Waals surface area contributed by atoms with Crippen LogP contribution in [0.1, 0.15) is 22.8 Å². The van der Waals surface area contributed by atoms with E-state index in [1.165, 1.54) is 19.9 Å². The quantitative estimate of drug-likeness (QED) is 0.643. The monoisotopic (exact) mass is 376 g/mol. The first-order chi connectivity index (χ1) is 12.0. The average molecular weight is 376 g/mol. The molecule has 0 aliphatic rings. The maximum atomic E-state index is 12.8. The van der Waals surface area contributed by atoms with E-state index in [-0.39, 0.29) is 23.0 Å². The van der Waals surface area contributed by atoms with Crippen molar-refractivity contribution in [2.24, 2.45) is 0 Å². The van der Waals surface area contributed by atoms with E-state index < -0.39 is 23.7 Å². The van der Waals surface area contributed by atoms with Gasteiger partial charge < -0.3 is 0 Å². The zero-order valence-electron chi connectivity index (χ0n) is 13.3. The fourth-order valence-corrected chi connectivity index (χ4v) is 2.26. The maximum Gasteiger partial charge on any atom is 0.435 e. The molecule has 3 heterocycles. The molecule has 3 aromatic heterocycles. The largest absolute Gasteiger partial charge is 0.435 e. The van der Waals surface area contributed by atoms with Crippen LogP contribution in [0.5, 0.6) is 0 Å². The van der Waals surface area contributed by atoms with Crippen molar-refractivity contribution in [1.82, 2.24) is 29.5 Å². The molecule has 26 heavy (non-hydrogen) atoms. The van der Waals surface area contributed by atoms with Crippen LogP contribution >= 0.6 is 0 Å². The molecule has 3 rings (SSSR count). The van der Waals surface area contributed by atoms with E-state index in [9.17, 15) is 26.3 Å². The Morgan fingerprint density at radius 1 is 0.692 bits per heavy atom. The first kappa shape index (κ1) is 17.9. The summed E-state index contributed by atoms with van der Waals surface area (Å²) in [7, 11) is 0. The third-order valence-corrected chi connectivity index (χ3v) is 3.43. The molecule has 0 aliphatic carbocycles. The van der Waals surface area contributed by atoms with E-state index in [4.69, 9.17) is 0 Å². The Kier molecular flexibility index (Phi) is 4.00. The van der Waals surface area contributed by atoms with Crippen molar-refractivity contribution in [1.29, 1.82) is 0 Å². The molecule has 0 fully saturated rings. The smallest absolute Gasteiger partial charge is 0.219 e. The number of hydrogen-bond acceptors (Lipinski definition) is 4. The van der Waals surface area contributed by atoms with Gasteiger partial charge in [-0.3, -0.25) is 0 Å². The molecule has 0 N–H and O–H groups in total. The Balaban J connectivity index is 2.05. The van der Waals surface area contributed by atoms with Crippen LogP contribution in [-0.2, 0) is 12.4 Å². The van der Waals surface area contributed by atoms with Crippen molar-refractivity contribution in [3.05, 3.63) is 47.3 Å².